The van der Waals surface area contributed by atoms with Gasteiger partial charge in [0, 0.05) is 26.7 Å². The monoisotopic (exact) mass is 415 g/mol. The minimum absolute atomic E-state index is 1.13. The number of anilines is 2. The molecular weight excluding hydrogens is 394 g/mol. The van der Waals surface area contributed by atoms with E-state index in [-0.39, 0.29) is 0 Å². The summed E-state index contributed by atoms with van der Waals surface area (Å²) in [4.78, 5) is 0. The van der Waals surface area contributed by atoms with Crippen LogP contribution in [0.15, 0.2) is 103 Å². The third-order valence-electron chi connectivity index (χ3n) is 5.96. The van der Waals surface area contributed by atoms with Crippen molar-refractivity contribution in [2.45, 2.75) is 6.92 Å². The maximum absolute atomic E-state index is 3.75. The fourth-order valence-electron chi connectivity index (χ4n) is 4.52. The number of aryl methyl sites for hydroxylation is 1. The van der Waals surface area contributed by atoms with E-state index in [0.717, 1.165) is 11.4 Å². The molecule has 0 radical (unpaired) electrons. The molecule has 1 N–H and O–H groups in total. The van der Waals surface area contributed by atoms with Gasteiger partial charge in [0.05, 0.1) is 10.4 Å². The van der Waals surface area contributed by atoms with Crippen molar-refractivity contribution < 1.29 is 0 Å². The first-order valence-corrected chi connectivity index (χ1v) is 11.4. The van der Waals surface area contributed by atoms with E-state index in [1.165, 1.54) is 47.6 Å². The van der Waals surface area contributed by atoms with E-state index in [2.05, 4.69) is 115 Å². The zero-order valence-corrected chi connectivity index (χ0v) is 18.0. The van der Waals surface area contributed by atoms with Gasteiger partial charge in [-0.05, 0) is 47.0 Å². The predicted molar refractivity (Wildman–Crippen MR) is 137 cm³/mol. The van der Waals surface area contributed by atoms with Crippen molar-refractivity contribution in [3.8, 4) is 11.1 Å². The fourth-order valence-corrected chi connectivity index (χ4v) is 5.77. The molecule has 0 spiro atoms. The summed E-state index contributed by atoms with van der Waals surface area (Å²) >= 11 is 1.89. The standard InChI is InChI=1S/C29H21NS/c1-19-18-21-12-5-6-14-23(21)27-24-15-9-17-26(29(24)31-28(19)27)30-25-16-8-7-13-22(25)20-10-3-2-4-11-20/h2-18,30H,1H3. The SMILES string of the molecule is Cc1cc2ccccc2c2c1sc1c(Nc3ccccc3-c3ccccc3)cccc12. The molecule has 1 heterocycles. The van der Waals surface area contributed by atoms with Gasteiger partial charge < -0.3 is 5.32 Å². The molecule has 31 heavy (non-hydrogen) atoms. The van der Waals surface area contributed by atoms with Crippen molar-refractivity contribution in [1.82, 2.24) is 0 Å². The highest BCUT2D eigenvalue weighted by molar-refractivity contribution is 7.26. The van der Waals surface area contributed by atoms with Crippen LogP contribution in [0.4, 0.5) is 11.4 Å². The lowest BCUT2D eigenvalue weighted by atomic mass is 10.0. The summed E-state index contributed by atoms with van der Waals surface area (Å²) in [5.74, 6) is 0. The molecule has 0 aliphatic heterocycles. The number of para-hydroxylation sites is 1. The molecule has 1 aromatic heterocycles. The van der Waals surface area contributed by atoms with Gasteiger partial charge in [0.25, 0.3) is 0 Å². The van der Waals surface area contributed by atoms with Crippen LogP contribution in [0.25, 0.3) is 42.1 Å². The van der Waals surface area contributed by atoms with Gasteiger partial charge in [-0.2, -0.15) is 0 Å². The van der Waals surface area contributed by atoms with E-state index >= 15 is 0 Å². The van der Waals surface area contributed by atoms with Crippen molar-refractivity contribution >= 4 is 53.7 Å². The van der Waals surface area contributed by atoms with Crippen LogP contribution in [-0.4, -0.2) is 0 Å². The molecule has 0 aliphatic carbocycles. The first-order chi connectivity index (χ1) is 15.3. The third-order valence-corrected chi connectivity index (χ3v) is 7.33. The Kier molecular flexibility index (Phi) is 4.26. The third kappa shape index (κ3) is 2.99. The summed E-state index contributed by atoms with van der Waals surface area (Å²) < 4.78 is 2.68. The van der Waals surface area contributed by atoms with Gasteiger partial charge in [-0.25, -0.2) is 0 Å². The molecule has 0 bridgehead atoms. The smallest absolute Gasteiger partial charge is 0.0590 e. The Balaban J connectivity index is 1.57. The summed E-state index contributed by atoms with van der Waals surface area (Å²) in [6.07, 6.45) is 0. The van der Waals surface area contributed by atoms with E-state index < -0.39 is 0 Å². The highest BCUT2D eigenvalue weighted by Gasteiger charge is 2.14. The van der Waals surface area contributed by atoms with Gasteiger partial charge in [-0.15, -0.1) is 11.3 Å². The molecule has 0 aliphatic rings. The highest BCUT2D eigenvalue weighted by atomic mass is 32.1. The largest absolute Gasteiger partial charge is 0.354 e. The summed E-state index contributed by atoms with van der Waals surface area (Å²) in [5.41, 5.74) is 6.05. The summed E-state index contributed by atoms with van der Waals surface area (Å²) in [6, 6.07) is 36.7. The number of fused-ring (bicyclic) bond motifs is 5. The van der Waals surface area contributed by atoms with Crippen LogP contribution in [0, 0.1) is 6.92 Å². The molecule has 0 unspecified atom stereocenters. The number of nitrogens with one attached hydrogen (secondary N) is 1. The second-order valence-corrected chi connectivity index (χ2v) is 8.96. The quantitative estimate of drug-likeness (QED) is 0.304. The van der Waals surface area contributed by atoms with Crippen molar-refractivity contribution in [1.29, 1.82) is 0 Å². The van der Waals surface area contributed by atoms with E-state index in [1.54, 1.807) is 0 Å². The average molecular weight is 416 g/mol. The molecular formula is C29H21NS. The number of thiophene rings is 1. The van der Waals surface area contributed by atoms with Crippen LogP contribution in [-0.2, 0) is 0 Å². The number of benzene rings is 5. The molecule has 0 saturated heterocycles. The zero-order chi connectivity index (χ0) is 20.8. The molecule has 0 fully saturated rings. The Morgan fingerprint density at radius 2 is 1.32 bits per heavy atom. The molecule has 148 valence electrons. The second kappa shape index (κ2) is 7.26. The van der Waals surface area contributed by atoms with Crippen LogP contribution in [0.3, 0.4) is 0 Å². The van der Waals surface area contributed by atoms with Crippen molar-refractivity contribution in [2.24, 2.45) is 0 Å². The lowest BCUT2D eigenvalue weighted by Gasteiger charge is -2.13. The maximum Gasteiger partial charge on any atom is 0.0590 e. The lowest BCUT2D eigenvalue weighted by Crippen LogP contribution is -1.93. The predicted octanol–water partition coefficient (Wildman–Crippen LogP) is 8.93. The highest BCUT2D eigenvalue weighted by Crippen LogP contribution is 2.44. The number of hydrogen-bond acceptors (Lipinski definition) is 2. The van der Waals surface area contributed by atoms with E-state index in [4.69, 9.17) is 0 Å². The van der Waals surface area contributed by atoms with Crippen molar-refractivity contribution in [3.63, 3.8) is 0 Å². The summed E-state index contributed by atoms with van der Waals surface area (Å²) in [6.45, 7) is 2.22. The molecule has 0 atom stereocenters. The van der Waals surface area contributed by atoms with Crippen molar-refractivity contribution in [2.75, 3.05) is 5.32 Å². The van der Waals surface area contributed by atoms with Crippen LogP contribution in [0.5, 0.6) is 0 Å². The molecule has 5 aromatic carbocycles. The van der Waals surface area contributed by atoms with E-state index in [1.807, 2.05) is 11.3 Å². The maximum atomic E-state index is 3.75. The van der Waals surface area contributed by atoms with E-state index in [9.17, 15) is 0 Å². The van der Waals surface area contributed by atoms with Crippen molar-refractivity contribution in [3.05, 3.63) is 109 Å². The molecule has 6 aromatic rings. The van der Waals surface area contributed by atoms with Gasteiger partial charge in [0.2, 0.25) is 0 Å². The Bertz CT molecular complexity index is 1560. The summed E-state index contributed by atoms with van der Waals surface area (Å²) in [7, 11) is 0. The van der Waals surface area contributed by atoms with Gasteiger partial charge in [-0.1, -0.05) is 84.9 Å². The lowest BCUT2D eigenvalue weighted by molar-refractivity contribution is 1.56. The van der Waals surface area contributed by atoms with E-state index in [0.29, 0.717) is 0 Å². The van der Waals surface area contributed by atoms with Gasteiger partial charge in [0.15, 0.2) is 0 Å². The molecule has 0 saturated carbocycles. The summed E-state index contributed by atoms with van der Waals surface area (Å²) in [5, 5.41) is 9.08. The minimum atomic E-state index is 1.13. The Morgan fingerprint density at radius 1 is 0.613 bits per heavy atom. The first kappa shape index (κ1) is 18.2. The Labute approximate surface area is 185 Å². The molecule has 1 nitrogen and oxygen atoms in total. The second-order valence-electron chi connectivity index (χ2n) is 7.94. The Hall–Kier alpha value is -3.62. The zero-order valence-electron chi connectivity index (χ0n) is 17.2. The number of rotatable bonds is 3. The normalized spacial score (nSPS) is 11.4. The molecule has 0 amide bonds. The van der Waals surface area contributed by atoms with Crippen LogP contribution in [0.1, 0.15) is 5.56 Å². The molecule has 6 rings (SSSR count). The van der Waals surface area contributed by atoms with Gasteiger partial charge in [0.1, 0.15) is 0 Å². The minimum Gasteiger partial charge on any atom is -0.354 e. The van der Waals surface area contributed by atoms with Gasteiger partial charge >= 0.3 is 0 Å². The van der Waals surface area contributed by atoms with Crippen LogP contribution in [0.2, 0.25) is 0 Å². The topological polar surface area (TPSA) is 12.0 Å². The van der Waals surface area contributed by atoms with Crippen LogP contribution < -0.4 is 5.32 Å². The molecule has 2 heteroatoms. The van der Waals surface area contributed by atoms with Crippen LogP contribution >= 0.6 is 11.3 Å². The average Bonchev–Trinajstić information content (AvgIpc) is 3.22. The van der Waals surface area contributed by atoms with Gasteiger partial charge in [-0.3, -0.25) is 0 Å². The first-order valence-electron chi connectivity index (χ1n) is 10.5. The fraction of sp³-hybridized carbons (Fsp3) is 0.0345. The Morgan fingerprint density at radius 3 is 2.23 bits per heavy atom. The number of hydrogen-bond donors (Lipinski definition) is 1.